The number of hydrogen-bond acceptors (Lipinski definition) is 4. The molecular weight excluding hydrogens is 242 g/mol. The summed E-state index contributed by atoms with van der Waals surface area (Å²) in [5.41, 5.74) is 2.99. The molecule has 4 aliphatic rings. The van der Waals surface area contributed by atoms with Crippen LogP contribution >= 0.6 is 0 Å². The summed E-state index contributed by atoms with van der Waals surface area (Å²) in [5, 5.41) is 4.18. The second-order valence-electron chi connectivity index (χ2n) is 6.33. The Bertz CT molecular complexity index is 562. The summed E-state index contributed by atoms with van der Waals surface area (Å²) in [6.07, 6.45) is 4.06. The summed E-state index contributed by atoms with van der Waals surface area (Å²) in [4.78, 5) is 17.7. The van der Waals surface area contributed by atoms with Crippen molar-refractivity contribution < 1.29 is 14.4 Å². The SMILES string of the molecule is C=C1CC[C@@]2(C)[C@@H]3ON=C4C=C(C(=O)OC)[C@@H]([C@@H]43)[C@@H]12. The first-order chi connectivity index (χ1) is 9.08. The molecule has 5 atom stereocenters. The molecule has 0 amide bonds. The molecule has 0 radical (unpaired) electrons. The molecule has 1 heterocycles. The van der Waals surface area contributed by atoms with Gasteiger partial charge in [-0.05, 0) is 24.8 Å². The zero-order chi connectivity index (χ0) is 13.4. The lowest BCUT2D eigenvalue weighted by molar-refractivity contribution is -0.136. The standard InChI is InChI=1S/C15H17NO3/c1-7-4-5-15(2)12(7)10-8(14(17)18-3)6-9-11(10)13(15)19-16-9/h6,10-13H,1,4-5H2,2-3H3/t10-,11+,12+,13+,15+/m0/s1. The van der Waals surface area contributed by atoms with Gasteiger partial charge >= 0.3 is 5.97 Å². The lowest BCUT2D eigenvalue weighted by atomic mass is 9.76. The largest absolute Gasteiger partial charge is 0.466 e. The van der Waals surface area contributed by atoms with E-state index in [0.717, 1.165) is 24.1 Å². The molecule has 2 fully saturated rings. The Morgan fingerprint density at radius 2 is 2.37 bits per heavy atom. The Morgan fingerprint density at radius 1 is 1.58 bits per heavy atom. The van der Waals surface area contributed by atoms with Crippen LogP contribution in [0.4, 0.5) is 0 Å². The average Bonchev–Trinajstić information content (AvgIpc) is 3.06. The van der Waals surface area contributed by atoms with Gasteiger partial charge in [-0.15, -0.1) is 0 Å². The molecule has 0 spiro atoms. The molecule has 0 saturated heterocycles. The molecule has 0 N–H and O–H groups in total. The van der Waals surface area contributed by atoms with Gasteiger partial charge in [-0.3, -0.25) is 0 Å². The fourth-order valence-corrected chi connectivity index (χ4v) is 4.76. The highest BCUT2D eigenvalue weighted by Crippen LogP contribution is 2.66. The van der Waals surface area contributed by atoms with E-state index in [2.05, 4.69) is 18.7 Å². The van der Waals surface area contributed by atoms with Crippen LogP contribution < -0.4 is 0 Å². The minimum atomic E-state index is -0.232. The van der Waals surface area contributed by atoms with Crippen LogP contribution in [0.5, 0.6) is 0 Å². The number of carbonyl (C=O) groups excluding carboxylic acids is 1. The van der Waals surface area contributed by atoms with Gasteiger partial charge in [-0.1, -0.05) is 24.2 Å². The topological polar surface area (TPSA) is 47.9 Å². The summed E-state index contributed by atoms with van der Waals surface area (Å²) >= 11 is 0. The first kappa shape index (κ1) is 11.3. The molecule has 0 aromatic rings. The lowest BCUT2D eigenvalue weighted by Gasteiger charge is -2.29. The van der Waals surface area contributed by atoms with Crippen molar-refractivity contribution in [2.24, 2.45) is 28.3 Å². The Labute approximate surface area is 112 Å². The molecular formula is C15H17NO3. The van der Waals surface area contributed by atoms with E-state index in [1.54, 1.807) is 0 Å². The van der Waals surface area contributed by atoms with Crippen molar-refractivity contribution in [3.63, 3.8) is 0 Å². The smallest absolute Gasteiger partial charge is 0.334 e. The van der Waals surface area contributed by atoms with Gasteiger partial charge in [-0.25, -0.2) is 4.79 Å². The van der Waals surface area contributed by atoms with Crippen molar-refractivity contribution in [2.75, 3.05) is 7.11 Å². The highest BCUT2D eigenvalue weighted by molar-refractivity contribution is 6.09. The van der Waals surface area contributed by atoms with E-state index >= 15 is 0 Å². The van der Waals surface area contributed by atoms with Crippen molar-refractivity contribution in [1.82, 2.24) is 0 Å². The van der Waals surface area contributed by atoms with Gasteiger partial charge in [0.05, 0.1) is 18.7 Å². The predicted octanol–water partition coefficient (Wildman–Crippen LogP) is 2.07. The van der Waals surface area contributed by atoms with Crippen LogP contribution in [0.25, 0.3) is 0 Å². The third-order valence-corrected chi connectivity index (χ3v) is 5.55. The first-order valence-corrected chi connectivity index (χ1v) is 6.79. The number of methoxy groups -OCH3 is 1. The number of oxime groups is 1. The molecule has 0 unspecified atom stereocenters. The Balaban J connectivity index is 1.86. The van der Waals surface area contributed by atoms with Crippen molar-refractivity contribution in [3.05, 3.63) is 23.8 Å². The number of rotatable bonds is 1. The van der Waals surface area contributed by atoms with Crippen LogP contribution in [0.2, 0.25) is 0 Å². The van der Waals surface area contributed by atoms with Crippen molar-refractivity contribution in [2.45, 2.75) is 25.9 Å². The van der Waals surface area contributed by atoms with Crippen molar-refractivity contribution >= 4 is 11.7 Å². The second kappa shape index (κ2) is 3.30. The maximum Gasteiger partial charge on any atom is 0.334 e. The van der Waals surface area contributed by atoms with E-state index in [0.29, 0.717) is 5.92 Å². The molecule has 2 saturated carbocycles. The Hall–Kier alpha value is -1.58. The third kappa shape index (κ3) is 1.11. The number of carbonyl (C=O) groups is 1. The van der Waals surface area contributed by atoms with Crippen LogP contribution in [0.1, 0.15) is 19.8 Å². The normalized spacial score (nSPS) is 45.5. The minimum Gasteiger partial charge on any atom is -0.466 e. The predicted molar refractivity (Wildman–Crippen MR) is 69.4 cm³/mol. The number of esters is 1. The molecule has 4 heteroatoms. The number of nitrogens with zero attached hydrogens (tertiary/aromatic N) is 1. The first-order valence-electron chi connectivity index (χ1n) is 6.79. The van der Waals surface area contributed by atoms with Crippen molar-refractivity contribution in [3.8, 4) is 0 Å². The van der Waals surface area contributed by atoms with Crippen LogP contribution in [-0.2, 0) is 14.4 Å². The van der Waals surface area contributed by atoms with Gasteiger partial charge in [0.25, 0.3) is 0 Å². The number of ether oxygens (including phenoxy) is 1. The Kier molecular flexibility index (Phi) is 1.95. The molecule has 0 aromatic heterocycles. The Morgan fingerprint density at radius 3 is 3.11 bits per heavy atom. The molecule has 19 heavy (non-hydrogen) atoms. The number of hydrogen-bond donors (Lipinski definition) is 0. The van der Waals surface area contributed by atoms with Gasteiger partial charge in [0.2, 0.25) is 0 Å². The quantitative estimate of drug-likeness (QED) is 0.535. The van der Waals surface area contributed by atoms with Gasteiger partial charge in [0.1, 0.15) is 6.10 Å². The molecule has 3 aliphatic carbocycles. The van der Waals surface area contributed by atoms with Crippen molar-refractivity contribution in [1.29, 1.82) is 0 Å². The van der Waals surface area contributed by atoms with Gasteiger partial charge in [0, 0.05) is 16.9 Å². The van der Waals surface area contributed by atoms with Gasteiger partial charge in [0.15, 0.2) is 0 Å². The zero-order valence-corrected chi connectivity index (χ0v) is 11.2. The van der Waals surface area contributed by atoms with E-state index < -0.39 is 0 Å². The molecule has 4 rings (SSSR count). The van der Waals surface area contributed by atoms with Gasteiger partial charge in [-0.2, -0.15) is 0 Å². The van der Waals surface area contributed by atoms with E-state index in [4.69, 9.17) is 9.57 Å². The van der Waals surface area contributed by atoms with Crippen LogP contribution in [0.3, 0.4) is 0 Å². The summed E-state index contributed by atoms with van der Waals surface area (Å²) < 4.78 is 4.93. The highest BCUT2D eigenvalue weighted by Gasteiger charge is 2.68. The fraction of sp³-hybridized carbons (Fsp3) is 0.600. The number of allylic oxidation sites excluding steroid dienone is 2. The molecule has 0 bridgehead atoms. The van der Waals surface area contributed by atoms with E-state index in [-0.39, 0.29) is 29.3 Å². The molecule has 100 valence electrons. The summed E-state index contributed by atoms with van der Waals surface area (Å²) in [7, 11) is 1.44. The van der Waals surface area contributed by atoms with Crippen LogP contribution in [-0.4, -0.2) is 24.9 Å². The summed E-state index contributed by atoms with van der Waals surface area (Å²) in [5.74, 6) is 0.463. The minimum absolute atomic E-state index is 0.0607. The maximum atomic E-state index is 12.0. The summed E-state index contributed by atoms with van der Waals surface area (Å²) in [6, 6.07) is 0. The second-order valence-corrected chi connectivity index (χ2v) is 6.33. The van der Waals surface area contributed by atoms with E-state index in [1.807, 2.05) is 6.08 Å². The summed E-state index contributed by atoms with van der Waals surface area (Å²) in [6.45, 7) is 6.49. The maximum absolute atomic E-state index is 12.0. The van der Waals surface area contributed by atoms with E-state index in [9.17, 15) is 4.79 Å². The van der Waals surface area contributed by atoms with E-state index in [1.165, 1.54) is 12.7 Å². The monoisotopic (exact) mass is 259 g/mol. The lowest BCUT2D eigenvalue weighted by Crippen LogP contribution is -2.32. The van der Waals surface area contributed by atoms with Gasteiger partial charge < -0.3 is 9.57 Å². The average molecular weight is 259 g/mol. The highest BCUT2D eigenvalue weighted by atomic mass is 16.6. The number of fused-ring (bicyclic) bond motifs is 3. The van der Waals surface area contributed by atoms with Crippen LogP contribution in [0, 0.1) is 23.2 Å². The fourth-order valence-electron chi connectivity index (χ4n) is 4.76. The molecule has 4 nitrogen and oxygen atoms in total. The molecule has 0 aromatic carbocycles. The third-order valence-electron chi connectivity index (χ3n) is 5.55. The molecule has 1 aliphatic heterocycles. The van der Waals surface area contributed by atoms with Crippen LogP contribution in [0.15, 0.2) is 29.0 Å². The zero-order valence-electron chi connectivity index (χ0n) is 11.2.